The van der Waals surface area contributed by atoms with Crippen LogP contribution in [0, 0.1) is 18.3 Å². The number of hydrogen-bond acceptors (Lipinski definition) is 6. The van der Waals surface area contributed by atoms with Gasteiger partial charge in [0.15, 0.2) is 0 Å². The fraction of sp³-hybridized carbons (Fsp3) is 0.107. The molecule has 2 aromatic carbocycles. The summed E-state index contributed by atoms with van der Waals surface area (Å²) in [6, 6.07) is 20.6. The molecule has 178 valence electrons. The maximum Gasteiger partial charge on any atom is 0.103 e. The number of thiophene rings is 1. The van der Waals surface area contributed by atoms with Crippen LogP contribution in [0.1, 0.15) is 21.6 Å². The van der Waals surface area contributed by atoms with Crippen molar-refractivity contribution in [1.29, 1.82) is 5.26 Å². The first kappa shape index (κ1) is 24.4. The lowest BCUT2D eigenvalue weighted by molar-refractivity contribution is 0.700. The highest BCUT2D eigenvalue weighted by molar-refractivity contribution is 9.10. The van der Waals surface area contributed by atoms with Gasteiger partial charge in [-0.2, -0.15) is 5.26 Å². The zero-order valence-corrected chi connectivity index (χ0v) is 22.5. The summed E-state index contributed by atoms with van der Waals surface area (Å²) in [6.45, 7) is 3.58. The summed E-state index contributed by atoms with van der Waals surface area (Å²) in [6.07, 6.45) is 5.23. The molecular formula is C28H21BrClN5S. The molecule has 2 N–H and O–H groups in total. The first-order valence-electron chi connectivity index (χ1n) is 11.3. The molecule has 5 nitrogen and oxygen atoms in total. The molecule has 3 aromatic heterocycles. The van der Waals surface area contributed by atoms with E-state index in [2.05, 4.69) is 66.9 Å². The van der Waals surface area contributed by atoms with Crippen LogP contribution in [0.5, 0.6) is 0 Å². The average Bonchev–Trinajstić information content (AvgIpc) is 3.35. The summed E-state index contributed by atoms with van der Waals surface area (Å²) in [4.78, 5) is 11.1. The molecule has 0 aliphatic heterocycles. The molecule has 5 rings (SSSR count). The summed E-state index contributed by atoms with van der Waals surface area (Å²) < 4.78 is 0.906. The molecule has 8 heteroatoms. The minimum absolute atomic E-state index is 0.465. The molecule has 0 aliphatic carbocycles. The Hall–Kier alpha value is -3.28. The number of nitrogens with one attached hydrogen (secondary N) is 2. The van der Waals surface area contributed by atoms with Crippen LogP contribution in [0.2, 0.25) is 5.02 Å². The molecule has 0 saturated heterocycles. The van der Waals surface area contributed by atoms with Gasteiger partial charge in [-0.15, -0.1) is 11.3 Å². The average molecular weight is 575 g/mol. The summed E-state index contributed by atoms with van der Waals surface area (Å²) in [5.41, 5.74) is 6.03. The maximum absolute atomic E-state index is 9.74. The second-order valence-corrected chi connectivity index (χ2v) is 10.8. The van der Waals surface area contributed by atoms with Crippen molar-refractivity contribution < 1.29 is 0 Å². The van der Waals surface area contributed by atoms with E-state index in [1.807, 2.05) is 49.6 Å². The molecule has 0 bridgehead atoms. The zero-order valence-electron chi connectivity index (χ0n) is 19.3. The molecule has 0 aliphatic rings. The first-order valence-corrected chi connectivity index (χ1v) is 13.2. The Bertz CT molecular complexity index is 1570. The lowest BCUT2D eigenvalue weighted by Crippen LogP contribution is -2.11. The van der Waals surface area contributed by atoms with E-state index in [0.717, 1.165) is 45.3 Å². The number of aromatic nitrogens is 2. The van der Waals surface area contributed by atoms with Gasteiger partial charge in [0.25, 0.3) is 0 Å². The van der Waals surface area contributed by atoms with E-state index in [1.54, 1.807) is 17.5 Å². The van der Waals surface area contributed by atoms with E-state index in [-0.39, 0.29) is 0 Å². The van der Waals surface area contributed by atoms with Crippen LogP contribution in [-0.2, 0) is 13.1 Å². The van der Waals surface area contributed by atoms with Crippen molar-refractivity contribution in [2.24, 2.45) is 0 Å². The van der Waals surface area contributed by atoms with E-state index in [9.17, 15) is 5.26 Å². The number of pyridine rings is 2. The predicted molar refractivity (Wildman–Crippen MR) is 152 cm³/mol. The van der Waals surface area contributed by atoms with E-state index in [4.69, 9.17) is 11.6 Å². The molecule has 0 unspecified atom stereocenters. The largest absolute Gasteiger partial charge is 0.352 e. The minimum Gasteiger partial charge on any atom is -0.352 e. The van der Waals surface area contributed by atoms with Gasteiger partial charge in [0.1, 0.15) is 6.07 Å². The molecule has 3 heterocycles. The van der Waals surface area contributed by atoms with Crippen molar-refractivity contribution >= 4 is 61.1 Å². The van der Waals surface area contributed by atoms with Crippen molar-refractivity contribution in [1.82, 2.24) is 15.3 Å². The van der Waals surface area contributed by atoms with E-state index < -0.39 is 0 Å². The standard InChI is InChI=1S/C28H21BrClN5S/c1-17-10-21(29)12-24(30)27(17)35-28-20(13-31)15-34-25-11-19(2-4-23(25)28)26-5-3-22(36-26)16-33-14-18-6-8-32-9-7-18/h2-12,15,33H,14,16H2,1H3,(H,34,35). The molecule has 36 heavy (non-hydrogen) atoms. The summed E-state index contributed by atoms with van der Waals surface area (Å²) in [5, 5.41) is 18.1. The molecule has 0 amide bonds. The number of fused-ring (bicyclic) bond motifs is 1. The van der Waals surface area contributed by atoms with Crippen LogP contribution in [0.4, 0.5) is 11.4 Å². The highest BCUT2D eigenvalue weighted by Crippen LogP contribution is 2.37. The van der Waals surface area contributed by atoms with Gasteiger partial charge in [0.05, 0.1) is 27.5 Å². The lowest BCUT2D eigenvalue weighted by atomic mass is 10.1. The molecule has 0 spiro atoms. The fourth-order valence-electron chi connectivity index (χ4n) is 4.01. The number of nitriles is 1. The van der Waals surface area contributed by atoms with Crippen LogP contribution >= 0.6 is 38.9 Å². The number of rotatable bonds is 7. The number of benzene rings is 2. The van der Waals surface area contributed by atoms with Crippen molar-refractivity contribution in [3.05, 3.63) is 104 Å². The SMILES string of the molecule is Cc1cc(Br)cc(Cl)c1Nc1c(C#N)cnc2cc(-c3ccc(CNCc4ccncc4)s3)ccc12. The Balaban J connectivity index is 1.40. The van der Waals surface area contributed by atoms with Crippen LogP contribution in [0.25, 0.3) is 21.3 Å². The topological polar surface area (TPSA) is 73.6 Å². The Labute approximate surface area is 226 Å². The minimum atomic E-state index is 0.465. The van der Waals surface area contributed by atoms with Crippen molar-refractivity contribution in [3.8, 4) is 16.5 Å². The predicted octanol–water partition coefficient (Wildman–Crippen LogP) is 7.99. The Morgan fingerprint density at radius 2 is 1.86 bits per heavy atom. The van der Waals surface area contributed by atoms with Crippen LogP contribution in [-0.4, -0.2) is 9.97 Å². The molecule has 0 saturated carbocycles. The maximum atomic E-state index is 9.74. The third-order valence-electron chi connectivity index (χ3n) is 5.82. The van der Waals surface area contributed by atoms with Gasteiger partial charge in [-0.3, -0.25) is 9.97 Å². The van der Waals surface area contributed by atoms with Gasteiger partial charge in [-0.05, 0) is 66.1 Å². The fourth-order valence-corrected chi connectivity index (χ4v) is 6.00. The van der Waals surface area contributed by atoms with Gasteiger partial charge in [-0.25, -0.2) is 0 Å². The van der Waals surface area contributed by atoms with Crippen molar-refractivity contribution in [2.75, 3.05) is 5.32 Å². The Morgan fingerprint density at radius 3 is 2.64 bits per heavy atom. The monoisotopic (exact) mass is 573 g/mol. The summed E-state index contributed by atoms with van der Waals surface area (Å²) in [7, 11) is 0. The second-order valence-electron chi connectivity index (χ2n) is 8.32. The number of nitrogens with zero attached hydrogens (tertiary/aromatic N) is 3. The molecule has 0 atom stereocenters. The summed E-state index contributed by atoms with van der Waals surface area (Å²) in [5.74, 6) is 0. The van der Waals surface area contributed by atoms with Crippen molar-refractivity contribution in [3.63, 3.8) is 0 Å². The smallest absolute Gasteiger partial charge is 0.103 e. The van der Waals surface area contributed by atoms with Crippen molar-refractivity contribution in [2.45, 2.75) is 20.0 Å². The molecule has 5 aromatic rings. The lowest BCUT2D eigenvalue weighted by Gasteiger charge is -2.15. The van der Waals surface area contributed by atoms with Gasteiger partial charge in [0, 0.05) is 51.3 Å². The Morgan fingerprint density at radius 1 is 1.03 bits per heavy atom. The Kier molecular flexibility index (Phi) is 7.30. The van der Waals surface area contributed by atoms with E-state index in [1.165, 1.54) is 15.3 Å². The van der Waals surface area contributed by atoms with Gasteiger partial charge >= 0.3 is 0 Å². The van der Waals surface area contributed by atoms with Crippen LogP contribution in [0.3, 0.4) is 0 Å². The number of halogens is 2. The number of hydrogen-bond donors (Lipinski definition) is 2. The molecule has 0 radical (unpaired) electrons. The van der Waals surface area contributed by atoms with Crippen LogP contribution < -0.4 is 10.6 Å². The molecule has 0 fully saturated rings. The van der Waals surface area contributed by atoms with E-state index in [0.29, 0.717) is 16.3 Å². The third kappa shape index (κ3) is 5.28. The highest BCUT2D eigenvalue weighted by atomic mass is 79.9. The van der Waals surface area contributed by atoms with Gasteiger partial charge < -0.3 is 10.6 Å². The van der Waals surface area contributed by atoms with Gasteiger partial charge in [0.2, 0.25) is 0 Å². The molecular weight excluding hydrogens is 554 g/mol. The van der Waals surface area contributed by atoms with E-state index >= 15 is 0 Å². The number of anilines is 2. The normalized spacial score (nSPS) is 10.9. The summed E-state index contributed by atoms with van der Waals surface area (Å²) >= 11 is 11.7. The first-order chi connectivity index (χ1) is 17.5. The second kappa shape index (κ2) is 10.8. The van der Waals surface area contributed by atoms with Crippen LogP contribution in [0.15, 0.2) is 77.7 Å². The van der Waals surface area contributed by atoms with Gasteiger partial charge in [-0.1, -0.05) is 39.7 Å². The third-order valence-corrected chi connectivity index (χ3v) is 7.71. The quantitative estimate of drug-likeness (QED) is 0.206. The zero-order chi connectivity index (χ0) is 25.1. The highest BCUT2D eigenvalue weighted by Gasteiger charge is 2.14. The number of aryl methyl sites for hydroxylation is 1.